The summed E-state index contributed by atoms with van der Waals surface area (Å²) < 4.78 is 1.78. The van der Waals surface area contributed by atoms with Crippen molar-refractivity contribution in [3.8, 4) is 0 Å². The molecular weight excluding hydrogens is 252 g/mol. The Hall–Kier alpha value is -1.62. The second kappa shape index (κ2) is 5.35. The first-order valence-corrected chi connectivity index (χ1v) is 6.31. The number of halogens is 1. The Morgan fingerprint density at radius 1 is 1.50 bits per heavy atom. The molecule has 0 unspecified atom stereocenters. The quantitative estimate of drug-likeness (QED) is 0.845. The molecule has 0 saturated heterocycles. The van der Waals surface area contributed by atoms with Gasteiger partial charge in [-0.3, -0.25) is 9.48 Å². The fraction of sp³-hybridized carbons (Fsp3) is 0.417. The first-order chi connectivity index (χ1) is 8.67. The molecule has 0 fully saturated rings. The molecule has 2 aromatic rings. The number of aryl methyl sites for hydroxylation is 2. The summed E-state index contributed by atoms with van der Waals surface area (Å²) in [5, 5.41) is 4.98. The maximum absolute atomic E-state index is 12.0. The first-order valence-electron chi connectivity index (χ1n) is 5.94. The molecule has 0 bridgehead atoms. The number of ketones is 1. The van der Waals surface area contributed by atoms with Gasteiger partial charge in [0.25, 0.3) is 0 Å². The molecule has 5 nitrogen and oxygen atoms in total. The van der Waals surface area contributed by atoms with Gasteiger partial charge in [-0.05, 0) is 13.3 Å². The summed E-state index contributed by atoms with van der Waals surface area (Å²) in [5.41, 5.74) is 1.60. The SMILES string of the molecule is CCc1nn(CC)c(CC(=O)c2ncc[nH]2)c1Cl. The maximum atomic E-state index is 12.0. The monoisotopic (exact) mass is 266 g/mol. The van der Waals surface area contributed by atoms with Crippen LogP contribution >= 0.6 is 11.6 Å². The normalized spacial score (nSPS) is 10.8. The zero-order chi connectivity index (χ0) is 13.1. The van der Waals surface area contributed by atoms with E-state index in [1.54, 1.807) is 17.1 Å². The van der Waals surface area contributed by atoms with Crippen LogP contribution in [-0.2, 0) is 19.4 Å². The van der Waals surface area contributed by atoms with E-state index in [9.17, 15) is 4.79 Å². The molecule has 0 atom stereocenters. The van der Waals surface area contributed by atoms with E-state index in [0.29, 0.717) is 17.4 Å². The minimum absolute atomic E-state index is 0.0841. The number of hydrogen-bond donors (Lipinski definition) is 1. The van der Waals surface area contributed by atoms with Gasteiger partial charge < -0.3 is 4.98 Å². The molecule has 0 aliphatic rings. The zero-order valence-electron chi connectivity index (χ0n) is 10.4. The van der Waals surface area contributed by atoms with E-state index in [4.69, 9.17) is 11.6 Å². The van der Waals surface area contributed by atoms with Crippen molar-refractivity contribution in [3.05, 3.63) is 34.6 Å². The number of rotatable bonds is 5. The van der Waals surface area contributed by atoms with Crippen LogP contribution in [0.2, 0.25) is 5.02 Å². The highest BCUT2D eigenvalue weighted by atomic mass is 35.5. The van der Waals surface area contributed by atoms with Gasteiger partial charge in [-0.2, -0.15) is 5.10 Å². The Labute approximate surface area is 110 Å². The highest BCUT2D eigenvalue weighted by molar-refractivity contribution is 6.32. The van der Waals surface area contributed by atoms with Crippen molar-refractivity contribution in [2.75, 3.05) is 0 Å². The van der Waals surface area contributed by atoms with Crippen LogP contribution in [0.3, 0.4) is 0 Å². The largest absolute Gasteiger partial charge is 0.342 e. The van der Waals surface area contributed by atoms with E-state index < -0.39 is 0 Å². The van der Waals surface area contributed by atoms with Crippen LogP contribution in [0, 0.1) is 0 Å². The predicted molar refractivity (Wildman–Crippen MR) is 68.9 cm³/mol. The van der Waals surface area contributed by atoms with Crippen molar-refractivity contribution in [3.63, 3.8) is 0 Å². The summed E-state index contributed by atoms with van der Waals surface area (Å²) in [5.74, 6) is 0.270. The lowest BCUT2D eigenvalue weighted by Gasteiger charge is -2.03. The molecule has 0 aliphatic carbocycles. The summed E-state index contributed by atoms with van der Waals surface area (Å²) >= 11 is 6.25. The molecule has 0 amide bonds. The number of hydrogen-bond acceptors (Lipinski definition) is 3. The number of H-pyrrole nitrogens is 1. The number of nitrogens with one attached hydrogen (secondary N) is 1. The molecule has 0 radical (unpaired) electrons. The van der Waals surface area contributed by atoms with E-state index in [1.807, 2.05) is 13.8 Å². The van der Waals surface area contributed by atoms with Gasteiger partial charge in [0.15, 0.2) is 5.82 Å². The van der Waals surface area contributed by atoms with Crippen LogP contribution in [0.1, 0.15) is 35.9 Å². The Kier molecular flexibility index (Phi) is 3.81. The molecule has 2 rings (SSSR count). The molecule has 0 saturated carbocycles. The summed E-state index contributed by atoms with van der Waals surface area (Å²) in [7, 11) is 0. The number of carbonyl (C=O) groups excluding carboxylic acids is 1. The van der Waals surface area contributed by atoms with Crippen LogP contribution in [0.25, 0.3) is 0 Å². The first kappa shape index (κ1) is 12.8. The van der Waals surface area contributed by atoms with Gasteiger partial charge in [0.2, 0.25) is 5.78 Å². The summed E-state index contributed by atoms with van der Waals surface area (Å²) in [6, 6.07) is 0. The molecule has 0 spiro atoms. The highest BCUT2D eigenvalue weighted by Crippen LogP contribution is 2.22. The van der Waals surface area contributed by atoms with Gasteiger partial charge in [-0.25, -0.2) is 4.98 Å². The van der Waals surface area contributed by atoms with Gasteiger partial charge in [-0.15, -0.1) is 0 Å². The van der Waals surface area contributed by atoms with E-state index in [2.05, 4.69) is 15.1 Å². The number of aromatic nitrogens is 4. The molecule has 2 heterocycles. The Morgan fingerprint density at radius 3 is 2.83 bits per heavy atom. The van der Waals surface area contributed by atoms with Crippen molar-refractivity contribution in [2.24, 2.45) is 0 Å². The van der Waals surface area contributed by atoms with Gasteiger partial charge in [-0.1, -0.05) is 18.5 Å². The van der Waals surface area contributed by atoms with Crippen molar-refractivity contribution >= 4 is 17.4 Å². The summed E-state index contributed by atoms with van der Waals surface area (Å²) in [6.07, 6.45) is 4.16. The van der Waals surface area contributed by atoms with E-state index in [0.717, 1.165) is 17.8 Å². The summed E-state index contributed by atoms with van der Waals surface area (Å²) in [6.45, 7) is 4.66. The van der Waals surface area contributed by atoms with Gasteiger partial charge >= 0.3 is 0 Å². The summed E-state index contributed by atoms with van der Waals surface area (Å²) in [4.78, 5) is 18.7. The standard InChI is InChI=1S/C12H15ClN4O/c1-3-8-11(13)9(17(4-2)16-8)7-10(18)12-14-5-6-15-12/h5-6H,3-4,7H2,1-2H3,(H,14,15). The molecular formula is C12H15ClN4O. The molecule has 2 aromatic heterocycles. The van der Waals surface area contributed by atoms with Crippen molar-refractivity contribution in [2.45, 2.75) is 33.2 Å². The second-order valence-electron chi connectivity index (χ2n) is 3.91. The topological polar surface area (TPSA) is 63.6 Å². The average Bonchev–Trinajstić information content (AvgIpc) is 2.99. The van der Waals surface area contributed by atoms with E-state index in [-0.39, 0.29) is 12.2 Å². The fourth-order valence-electron chi connectivity index (χ4n) is 1.84. The number of imidazole rings is 1. The number of Topliss-reactive ketones (excluding diaryl/α,β-unsaturated/α-hetero) is 1. The zero-order valence-corrected chi connectivity index (χ0v) is 11.2. The number of nitrogens with zero attached hydrogens (tertiary/aromatic N) is 3. The minimum Gasteiger partial charge on any atom is -0.342 e. The lowest BCUT2D eigenvalue weighted by molar-refractivity contribution is 0.0981. The van der Waals surface area contributed by atoms with Crippen molar-refractivity contribution in [1.29, 1.82) is 0 Å². The molecule has 1 N–H and O–H groups in total. The van der Waals surface area contributed by atoms with E-state index in [1.165, 1.54) is 0 Å². The minimum atomic E-state index is -0.0841. The van der Waals surface area contributed by atoms with Crippen molar-refractivity contribution in [1.82, 2.24) is 19.7 Å². The number of aromatic amines is 1. The number of carbonyl (C=O) groups is 1. The van der Waals surface area contributed by atoms with Crippen LogP contribution in [-0.4, -0.2) is 25.5 Å². The molecule has 18 heavy (non-hydrogen) atoms. The maximum Gasteiger partial charge on any atom is 0.204 e. The molecule has 0 aliphatic heterocycles. The lowest BCUT2D eigenvalue weighted by atomic mass is 10.2. The highest BCUT2D eigenvalue weighted by Gasteiger charge is 2.19. The Bertz CT molecular complexity index is 545. The third-order valence-electron chi connectivity index (χ3n) is 2.78. The van der Waals surface area contributed by atoms with Gasteiger partial charge in [0.1, 0.15) is 0 Å². The fourth-order valence-corrected chi connectivity index (χ4v) is 2.18. The third kappa shape index (κ3) is 2.31. The van der Waals surface area contributed by atoms with Gasteiger partial charge in [0.05, 0.1) is 22.8 Å². The Balaban J connectivity index is 2.28. The van der Waals surface area contributed by atoms with Crippen LogP contribution < -0.4 is 0 Å². The third-order valence-corrected chi connectivity index (χ3v) is 3.22. The second-order valence-corrected chi connectivity index (χ2v) is 4.29. The predicted octanol–water partition coefficient (Wildman–Crippen LogP) is 2.27. The Morgan fingerprint density at radius 2 is 2.28 bits per heavy atom. The lowest BCUT2D eigenvalue weighted by Crippen LogP contribution is -2.11. The smallest absolute Gasteiger partial charge is 0.204 e. The average molecular weight is 267 g/mol. The van der Waals surface area contributed by atoms with Crippen LogP contribution in [0.5, 0.6) is 0 Å². The molecule has 96 valence electrons. The molecule has 6 heteroatoms. The van der Waals surface area contributed by atoms with Crippen LogP contribution in [0.4, 0.5) is 0 Å². The van der Waals surface area contributed by atoms with E-state index >= 15 is 0 Å². The van der Waals surface area contributed by atoms with Crippen molar-refractivity contribution < 1.29 is 4.79 Å². The van der Waals surface area contributed by atoms with Gasteiger partial charge in [0, 0.05) is 18.9 Å². The molecule has 0 aromatic carbocycles. The van der Waals surface area contributed by atoms with Crippen LogP contribution in [0.15, 0.2) is 12.4 Å².